The third-order valence-electron chi connectivity index (χ3n) is 3.95. The normalized spacial score (nSPS) is 11.9. The smallest absolute Gasteiger partial charge is 0.222 e. The van der Waals surface area contributed by atoms with Gasteiger partial charge in [-0.05, 0) is 36.6 Å². The van der Waals surface area contributed by atoms with E-state index in [1.54, 1.807) is 17.3 Å². The van der Waals surface area contributed by atoms with Crippen LogP contribution in [0.2, 0.25) is 0 Å². The van der Waals surface area contributed by atoms with Crippen LogP contribution in [0, 0.1) is 0 Å². The first-order valence-electron chi connectivity index (χ1n) is 7.95. The number of benzene rings is 1. The summed E-state index contributed by atoms with van der Waals surface area (Å²) >= 11 is 0. The molecule has 0 radical (unpaired) electrons. The fourth-order valence-corrected chi connectivity index (χ4v) is 2.35. The summed E-state index contributed by atoms with van der Waals surface area (Å²) < 4.78 is 5.62. The monoisotopic (exact) mass is 312 g/mol. The van der Waals surface area contributed by atoms with E-state index in [0.29, 0.717) is 19.6 Å². The largest absolute Gasteiger partial charge is 0.377 e. The molecule has 122 valence electrons. The van der Waals surface area contributed by atoms with Gasteiger partial charge in [-0.15, -0.1) is 0 Å². The van der Waals surface area contributed by atoms with Gasteiger partial charge < -0.3 is 9.64 Å². The SMILES string of the molecule is C[C@@H](c1ccncc1)N(C)C(=O)CCCOCc1ccccc1. The molecule has 0 fully saturated rings. The van der Waals surface area contributed by atoms with Crippen molar-refractivity contribution < 1.29 is 9.53 Å². The molecule has 0 spiro atoms. The number of rotatable bonds is 8. The highest BCUT2D eigenvalue weighted by Crippen LogP contribution is 2.18. The van der Waals surface area contributed by atoms with Gasteiger partial charge in [0.1, 0.15) is 0 Å². The van der Waals surface area contributed by atoms with E-state index in [1.165, 1.54) is 0 Å². The maximum atomic E-state index is 12.2. The molecule has 4 heteroatoms. The Hall–Kier alpha value is -2.20. The molecule has 4 nitrogen and oxygen atoms in total. The van der Waals surface area contributed by atoms with E-state index in [9.17, 15) is 4.79 Å². The van der Waals surface area contributed by atoms with Crippen LogP contribution in [0.4, 0.5) is 0 Å². The van der Waals surface area contributed by atoms with E-state index >= 15 is 0 Å². The second-order valence-corrected chi connectivity index (χ2v) is 5.60. The molecule has 0 bridgehead atoms. The zero-order valence-electron chi connectivity index (χ0n) is 13.8. The zero-order valence-corrected chi connectivity index (χ0v) is 13.8. The van der Waals surface area contributed by atoms with E-state index in [0.717, 1.165) is 17.5 Å². The Morgan fingerprint density at radius 2 is 1.87 bits per heavy atom. The molecule has 1 aromatic carbocycles. The van der Waals surface area contributed by atoms with E-state index in [-0.39, 0.29) is 11.9 Å². The predicted octanol–water partition coefficient (Wildman–Crippen LogP) is 3.60. The Kier molecular flexibility index (Phi) is 6.76. The molecule has 0 aliphatic carbocycles. The van der Waals surface area contributed by atoms with Gasteiger partial charge in [-0.25, -0.2) is 0 Å². The summed E-state index contributed by atoms with van der Waals surface area (Å²) in [5.74, 6) is 0.137. The predicted molar refractivity (Wildman–Crippen MR) is 90.8 cm³/mol. The summed E-state index contributed by atoms with van der Waals surface area (Å²) in [6, 6.07) is 14.0. The standard InChI is InChI=1S/C19H24N2O2/c1-16(18-10-12-20-13-11-18)21(2)19(22)9-6-14-23-15-17-7-4-3-5-8-17/h3-5,7-8,10-13,16H,6,9,14-15H2,1-2H3/t16-/m0/s1. The van der Waals surface area contributed by atoms with Crippen molar-refractivity contribution in [1.82, 2.24) is 9.88 Å². The quantitative estimate of drug-likeness (QED) is 0.699. The minimum absolute atomic E-state index is 0.0516. The molecule has 1 heterocycles. The topological polar surface area (TPSA) is 42.4 Å². The summed E-state index contributed by atoms with van der Waals surface area (Å²) in [5, 5.41) is 0. The van der Waals surface area contributed by atoms with Gasteiger partial charge in [0.15, 0.2) is 0 Å². The Bertz CT molecular complexity index is 587. The zero-order chi connectivity index (χ0) is 16.5. The maximum absolute atomic E-state index is 12.2. The van der Waals surface area contributed by atoms with E-state index in [1.807, 2.05) is 56.4 Å². The van der Waals surface area contributed by atoms with Crippen LogP contribution in [0.5, 0.6) is 0 Å². The molecule has 0 aliphatic heterocycles. The number of amides is 1. The minimum atomic E-state index is 0.0516. The molecule has 0 aliphatic rings. The van der Waals surface area contributed by atoms with Gasteiger partial charge in [0.05, 0.1) is 12.6 Å². The van der Waals surface area contributed by atoms with E-state index in [2.05, 4.69) is 4.98 Å². The fourth-order valence-electron chi connectivity index (χ4n) is 2.35. The van der Waals surface area contributed by atoms with Crippen LogP contribution >= 0.6 is 0 Å². The fraction of sp³-hybridized carbons (Fsp3) is 0.368. The van der Waals surface area contributed by atoms with Crippen LogP contribution in [0.25, 0.3) is 0 Å². The Morgan fingerprint density at radius 3 is 2.57 bits per heavy atom. The lowest BCUT2D eigenvalue weighted by molar-refractivity contribution is -0.132. The van der Waals surface area contributed by atoms with E-state index < -0.39 is 0 Å². The molecule has 0 saturated heterocycles. The third kappa shape index (κ3) is 5.49. The molecule has 1 aromatic heterocycles. The molecular formula is C19H24N2O2. The molecule has 0 saturated carbocycles. The summed E-state index contributed by atoms with van der Waals surface area (Å²) in [7, 11) is 1.85. The van der Waals surface area contributed by atoms with Gasteiger partial charge in [0.25, 0.3) is 0 Å². The molecule has 1 amide bonds. The maximum Gasteiger partial charge on any atom is 0.222 e. The Morgan fingerprint density at radius 1 is 1.17 bits per heavy atom. The summed E-state index contributed by atoms with van der Waals surface area (Å²) in [6.07, 6.45) is 4.74. The lowest BCUT2D eigenvalue weighted by atomic mass is 10.1. The van der Waals surface area contributed by atoms with Gasteiger partial charge in [-0.3, -0.25) is 9.78 Å². The van der Waals surface area contributed by atoms with Crippen molar-refractivity contribution in [2.45, 2.75) is 32.4 Å². The first-order chi connectivity index (χ1) is 11.2. The average Bonchev–Trinajstić information content (AvgIpc) is 2.61. The van der Waals surface area contributed by atoms with Crippen molar-refractivity contribution in [2.24, 2.45) is 0 Å². The lowest BCUT2D eigenvalue weighted by Crippen LogP contribution is -2.29. The molecule has 0 N–H and O–H groups in total. The highest BCUT2D eigenvalue weighted by molar-refractivity contribution is 5.76. The third-order valence-corrected chi connectivity index (χ3v) is 3.95. The minimum Gasteiger partial charge on any atom is -0.377 e. The van der Waals surface area contributed by atoms with Gasteiger partial charge in [0.2, 0.25) is 5.91 Å². The lowest BCUT2D eigenvalue weighted by Gasteiger charge is -2.25. The average molecular weight is 312 g/mol. The van der Waals surface area contributed by atoms with Crippen LogP contribution in [-0.2, 0) is 16.1 Å². The number of carbonyl (C=O) groups is 1. The second-order valence-electron chi connectivity index (χ2n) is 5.60. The summed E-state index contributed by atoms with van der Waals surface area (Å²) in [4.78, 5) is 18.0. The molecule has 1 atom stereocenters. The van der Waals surface area contributed by atoms with Gasteiger partial charge in [-0.1, -0.05) is 30.3 Å². The number of pyridine rings is 1. The van der Waals surface area contributed by atoms with Crippen molar-refractivity contribution in [1.29, 1.82) is 0 Å². The number of nitrogens with zero attached hydrogens (tertiary/aromatic N) is 2. The van der Waals surface area contributed by atoms with Crippen molar-refractivity contribution >= 4 is 5.91 Å². The van der Waals surface area contributed by atoms with Crippen LogP contribution in [-0.4, -0.2) is 29.4 Å². The van der Waals surface area contributed by atoms with E-state index in [4.69, 9.17) is 4.74 Å². The van der Waals surface area contributed by atoms with Crippen LogP contribution in [0.1, 0.15) is 36.9 Å². The van der Waals surface area contributed by atoms with Gasteiger partial charge in [0, 0.05) is 32.5 Å². The van der Waals surface area contributed by atoms with Gasteiger partial charge in [-0.2, -0.15) is 0 Å². The number of ether oxygens (including phenoxy) is 1. The van der Waals surface area contributed by atoms with Crippen molar-refractivity contribution in [3.63, 3.8) is 0 Å². The first kappa shape index (κ1) is 17.2. The molecule has 0 unspecified atom stereocenters. The number of aromatic nitrogens is 1. The number of hydrogen-bond donors (Lipinski definition) is 0. The highest BCUT2D eigenvalue weighted by atomic mass is 16.5. The van der Waals surface area contributed by atoms with Crippen molar-refractivity contribution in [2.75, 3.05) is 13.7 Å². The van der Waals surface area contributed by atoms with Crippen LogP contribution in [0.15, 0.2) is 54.9 Å². The Labute approximate surface area is 138 Å². The van der Waals surface area contributed by atoms with Gasteiger partial charge >= 0.3 is 0 Å². The molecule has 23 heavy (non-hydrogen) atoms. The second kappa shape index (κ2) is 9.06. The molecule has 2 aromatic rings. The highest BCUT2D eigenvalue weighted by Gasteiger charge is 2.16. The van der Waals surface area contributed by atoms with Crippen molar-refractivity contribution in [3.05, 3.63) is 66.0 Å². The van der Waals surface area contributed by atoms with Crippen molar-refractivity contribution in [3.8, 4) is 0 Å². The number of hydrogen-bond acceptors (Lipinski definition) is 3. The Balaban J connectivity index is 1.68. The van der Waals surface area contributed by atoms with Crippen LogP contribution < -0.4 is 0 Å². The summed E-state index contributed by atoms with van der Waals surface area (Å²) in [5.41, 5.74) is 2.25. The molecular weight excluding hydrogens is 288 g/mol. The summed E-state index contributed by atoms with van der Waals surface area (Å²) in [6.45, 7) is 3.22. The molecule has 2 rings (SSSR count). The first-order valence-corrected chi connectivity index (χ1v) is 7.95. The van der Waals surface area contributed by atoms with Crippen LogP contribution in [0.3, 0.4) is 0 Å². The number of carbonyl (C=O) groups excluding carboxylic acids is 1.